The molecule has 1 aromatic rings. The average Bonchev–Trinajstić information content (AvgIpc) is 2.85. The Labute approximate surface area is 120 Å². The standard InChI is InChI=1S/C15H24N4O/c1-9(2)14-12(8-17-10(3)18-14)15(20)19-13-6-4-5-11(13)7-16/h8-9,11,13H,4-7,16H2,1-3H3,(H,19,20). The fourth-order valence-electron chi connectivity index (χ4n) is 2.86. The topological polar surface area (TPSA) is 80.9 Å². The van der Waals surface area contributed by atoms with Gasteiger partial charge in [-0.05, 0) is 38.1 Å². The minimum atomic E-state index is -0.0703. The molecule has 0 radical (unpaired) electrons. The van der Waals surface area contributed by atoms with Gasteiger partial charge >= 0.3 is 0 Å². The van der Waals surface area contributed by atoms with Gasteiger partial charge in [0.15, 0.2) is 0 Å². The average molecular weight is 276 g/mol. The molecule has 20 heavy (non-hydrogen) atoms. The zero-order chi connectivity index (χ0) is 14.7. The van der Waals surface area contributed by atoms with Gasteiger partial charge in [0, 0.05) is 12.2 Å². The number of hydrogen-bond donors (Lipinski definition) is 2. The fraction of sp³-hybridized carbons (Fsp3) is 0.667. The number of aromatic nitrogens is 2. The molecule has 1 amide bonds. The Balaban J connectivity index is 2.17. The second-order valence-electron chi connectivity index (χ2n) is 5.88. The molecule has 2 unspecified atom stereocenters. The van der Waals surface area contributed by atoms with Crippen molar-refractivity contribution >= 4 is 5.91 Å². The quantitative estimate of drug-likeness (QED) is 0.878. The number of nitrogens with two attached hydrogens (primary N) is 1. The lowest BCUT2D eigenvalue weighted by molar-refractivity contribution is 0.0926. The lowest BCUT2D eigenvalue weighted by atomic mass is 10.0. The van der Waals surface area contributed by atoms with Crippen molar-refractivity contribution in [2.24, 2.45) is 11.7 Å². The summed E-state index contributed by atoms with van der Waals surface area (Å²) in [5, 5.41) is 3.11. The molecule has 0 saturated heterocycles. The third kappa shape index (κ3) is 3.15. The maximum absolute atomic E-state index is 12.5. The van der Waals surface area contributed by atoms with Crippen LogP contribution >= 0.6 is 0 Å². The number of rotatable bonds is 4. The fourth-order valence-corrected chi connectivity index (χ4v) is 2.86. The molecule has 0 aromatic carbocycles. The SMILES string of the molecule is Cc1ncc(C(=O)NC2CCCC2CN)c(C(C)C)n1. The van der Waals surface area contributed by atoms with Crippen LogP contribution in [0.25, 0.3) is 0 Å². The number of aryl methyl sites for hydroxylation is 1. The van der Waals surface area contributed by atoms with E-state index in [-0.39, 0.29) is 17.9 Å². The van der Waals surface area contributed by atoms with Crippen LogP contribution in [-0.4, -0.2) is 28.5 Å². The third-order valence-electron chi connectivity index (χ3n) is 4.01. The summed E-state index contributed by atoms with van der Waals surface area (Å²) in [4.78, 5) is 21.0. The molecule has 1 aromatic heterocycles. The molecule has 0 bridgehead atoms. The lowest BCUT2D eigenvalue weighted by Gasteiger charge is -2.20. The van der Waals surface area contributed by atoms with E-state index >= 15 is 0 Å². The summed E-state index contributed by atoms with van der Waals surface area (Å²) in [6.07, 6.45) is 4.88. The summed E-state index contributed by atoms with van der Waals surface area (Å²) in [7, 11) is 0. The Hall–Kier alpha value is -1.49. The highest BCUT2D eigenvalue weighted by Gasteiger charge is 2.28. The summed E-state index contributed by atoms with van der Waals surface area (Å²) >= 11 is 0. The highest BCUT2D eigenvalue weighted by Crippen LogP contribution is 2.25. The normalized spacial score (nSPS) is 22.2. The van der Waals surface area contributed by atoms with Crippen molar-refractivity contribution in [3.05, 3.63) is 23.3 Å². The van der Waals surface area contributed by atoms with Crippen molar-refractivity contribution in [2.45, 2.75) is 52.0 Å². The van der Waals surface area contributed by atoms with Crippen LogP contribution in [0, 0.1) is 12.8 Å². The smallest absolute Gasteiger partial charge is 0.254 e. The molecule has 3 N–H and O–H groups in total. The Morgan fingerprint density at radius 2 is 2.25 bits per heavy atom. The second kappa shape index (κ2) is 6.31. The van der Waals surface area contributed by atoms with E-state index in [9.17, 15) is 4.79 Å². The lowest BCUT2D eigenvalue weighted by Crippen LogP contribution is -2.40. The molecule has 1 fully saturated rings. The molecule has 5 nitrogen and oxygen atoms in total. The van der Waals surface area contributed by atoms with Crippen LogP contribution in [0.5, 0.6) is 0 Å². The molecule has 2 rings (SSSR count). The number of hydrogen-bond acceptors (Lipinski definition) is 4. The Morgan fingerprint density at radius 3 is 2.90 bits per heavy atom. The van der Waals surface area contributed by atoms with Gasteiger partial charge in [0.2, 0.25) is 0 Å². The van der Waals surface area contributed by atoms with Gasteiger partial charge in [0.25, 0.3) is 5.91 Å². The molecule has 2 atom stereocenters. The largest absolute Gasteiger partial charge is 0.349 e. The van der Waals surface area contributed by atoms with E-state index in [0.717, 1.165) is 25.0 Å². The van der Waals surface area contributed by atoms with Gasteiger partial charge in [0.05, 0.1) is 11.3 Å². The van der Waals surface area contributed by atoms with Gasteiger partial charge in [-0.25, -0.2) is 9.97 Å². The van der Waals surface area contributed by atoms with Gasteiger partial charge < -0.3 is 11.1 Å². The summed E-state index contributed by atoms with van der Waals surface area (Å²) < 4.78 is 0. The number of nitrogens with zero attached hydrogens (tertiary/aromatic N) is 2. The first-order valence-corrected chi connectivity index (χ1v) is 7.37. The molecule has 1 aliphatic carbocycles. The number of amides is 1. The van der Waals surface area contributed by atoms with Crippen molar-refractivity contribution in [1.29, 1.82) is 0 Å². The maximum Gasteiger partial charge on any atom is 0.254 e. The molecular weight excluding hydrogens is 252 g/mol. The number of carbonyl (C=O) groups excluding carboxylic acids is 1. The minimum Gasteiger partial charge on any atom is -0.349 e. The maximum atomic E-state index is 12.5. The zero-order valence-corrected chi connectivity index (χ0v) is 12.5. The predicted molar refractivity (Wildman–Crippen MR) is 78.5 cm³/mol. The van der Waals surface area contributed by atoms with E-state index in [1.165, 1.54) is 0 Å². The highest BCUT2D eigenvalue weighted by molar-refractivity contribution is 5.95. The zero-order valence-electron chi connectivity index (χ0n) is 12.5. The summed E-state index contributed by atoms with van der Waals surface area (Å²) in [6.45, 7) is 6.55. The van der Waals surface area contributed by atoms with Crippen molar-refractivity contribution in [1.82, 2.24) is 15.3 Å². The Morgan fingerprint density at radius 1 is 1.50 bits per heavy atom. The first-order valence-electron chi connectivity index (χ1n) is 7.37. The first kappa shape index (κ1) is 14.9. The van der Waals surface area contributed by atoms with E-state index in [1.807, 2.05) is 20.8 Å². The summed E-state index contributed by atoms with van der Waals surface area (Å²) in [6, 6.07) is 0.189. The number of carbonyl (C=O) groups is 1. The van der Waals surface area contributed by atoms with Crippen LogP contribution in [0.3, 0.4) is 0 Å². The Kier molecular flexibility index (Phi) is 4.70. The van der Waals surface area contributed by atoms with Gasteiger partial charge in [-0.2, -0.15) is 0 Å². The molecule has 1 saturated carbocycles. The highest BCUT2D eigenvalue weighted by atomic mass is 16.1. The minimum absolute atomic E-state index is 0.0703. The van der Waals surface area contributed by atoms with Crippen molar-refractivity contribution in [3.63, 3.8) is 0 Å². The van der Waals surface area contributed by atoms with Gasteiger partial charge in [-0.1, -0.05) is 20.3 Å². The monoisotopic (exact) mass is 276 g/mol. The van der Waals surface area contributed by atoms with Crippen LogP contribution in [0.2, 0.25) is 0 Å². The van der Waals surface area contributed by atoms with Crippen molar-refractivity contribution < 1.29 is 4.79 Å². The number of nitrogens with one attached hydrogen (secondary N) is 1. The molecule has 0 spiro atoms. The van der Waals surface area contributed by atoms with E-state index in [4.69, 9.17) is 5.73 Å². The summed E-state index contributed by atoms with van der Waals surface area (Å²) in [5.74, 6) is 1.23. The van der Waals surface area contributed by atoms with Gasteiger partial charge in [0.1, 0.15) is 5.82 Å². The predicted octanol–water partition coefficient (Wildman–Crippen LogP) is 1.77. The van der Waals surface area contributed by atoms with E-state index in [1.54, 1.807) is 6.20 Å². The van der Waals surface area contributed by atoms with Crippen LogP contribution in [0.4, 0.5) is 0 Å². The second-order valence-corrected chi connectivity index (χ2v) is 5.88. The molecule has 0 aliphatic heterocycles. The summed E-state index contributed by atoms with van der Waals surface area (Å²) in [5.41, 5.74) is 7.17. The van der Waals surface area contributed by atoms with Crippen LogP contribution in [0.15, 0.2) is 6.20 Å². The molecular formula is C15H24N4O. The molecule has 1 heterocycles. The van der Waals surface area contributed by atoms with Crippen LogP contribution in [0.1, 0.15) is 60.9 Å². The third-order valence-corrected chi connectivity index (χ3v) is 4.01. The molecule has 1 aliphatic rings. The Bertz CT molecular complexity index is 487. The molecule has 5 heteroatoms. The molecule has 110 valence electrons. The van der Waals surface area contributed by atoms with Crippen LogP contribution < -0.4 is 11.1 Å². The van der Waals surface area contributed by atoms with Crippen molar-refractivity contribution in [2.75, 3.05) is 6.54 Å². The van der Waals surface area contributed by atoms with Gasteiger partial charge in [-0.3, -0.25) is 4.79 Å². The first-order chi connectivity index (χ1) is 9.52. The van der Waals surface area contributed by atoms with E-state index < -0.39 is 0 Å². The van der Waals surface area contributed by atoms with Gasteiger partial charge in [-0.15, -0.1) is 0 Å². The van der Waals surface area contributed by atoms with E-state index in [0.29, 0.717) is 23.9 Å². The van der Waals surface area contributed by atoms with Crippen LogP contribution in [-0.2, 0) is 0 Å². The van der Waals surface area contributed by atoms with Crippen molar-refractivity contribution in [3.8, 4) is 0 Å². The van der Waals surface area contributed by atoms with E-state index in [2.05, 4.69) is 15.3 Å².